The molecular weight excluding hydrogens is 290 g/mol. The lowest BCUT2D eigenvalue weighted by Gasteiger charge is -2.09. The van der Waals surface area contributed by atoms with Gasteiger partial charge in [0.25, 0.3) is 5.22 Å². The van der Waals surface area contributed by atoms with Crippen LogP contribution in [0.3, 0.4) is 0 Å². The number of hydrogen-bond acceptors (Lipinski definition) is 7. The first-order chi connectivity index (χ1) is 10.1. The van der Waals surface area contributed by atoms with E-state index in [-0.39, 0.29) is 18.8 Å². The molecule has 1 atom stereocenters. The topological polar surface area (TPSA) is 83.4 Å². The van der Waals surface area contributed by atoms with Gasteiger partial charge in [-0.05, 0) is 23.6 Å². The second-order valence-electron chi connectivity index (χ2n) is 5.15. The molecule has 0 bridgehead atoms. The summed E-state index contributed by atoms with van der Waals surface area (Å²) in [5.74, 6) is 3.03. The fourth-order valence-electron chi connectivity index (χ4n) is 1.87. The van der Waals surface area contributed by atoms with Crippen molar-refractivity contribution in [3.63, 3.8) is 0 Å². The third-order valence-electron chi connectivity index (χ3n) is 3.22. The Labute approximate surface area is 127 Å². The molecule has 1 aromatic heterocycles. The van der Waals surface area contributed by atoms with Crippen molar-refractivity contribution in [3.8, 4) is 11.5 Å². The summed E-state index contributed by atoms with van der Waals surface area (Å²) in [6.45, 7) is 4.33. The van der Waals surface area contributed by atoms with Crippen LogP contribution in [0.25, 0.3) is 0 Å². The molecule has 2 N–H and O–H groups in total. The van der Waals surface area contributed by atoms with Gasteiger partial charge in [-0.3, -0.25) is 0 Å². The number of ether oxygens (including phenoxy) is 2. The minimum atomic E-state index is -0.225. The molecule has 6 nitrogen and oxygen atoms in total. The highest BCUT2D eigenvalue weighted by Gasteiger charge is 2.18. The lowest BCUT2D eigenvalue weighted by atomic mass is 10.1. The van der Waals surface area contributed by atoms with E-state index in [1.807, 2.05) is 32.0 Å². The summed E-state index contributed by atoms with van der Waals surface area (Å²) in [6, 6.07) is 5.65. The van der Waals surface area contributed by atoms with E-state index in [9.17, 15) is 0 Å². The number of thioether (sulfide) groups is 1. The lowest BCUT2D eigenvalue weighted by molar-refractivity contribution is 0.174. The Morgan fingerprint density at radius 1 is 1.24 bits per heavy atom. The van der Waals surface area contributed by atoms with Crippen LogP contribution in [0.1, 0.15) is 31.3 Å². The van der Waals surface area contributed by atoms with Crippen molar-refractivity contribution in [2.75, 3.05) is 6.79 Å². The van der Waals surface area contributed by atoms with Gasteiger partial charge in [-0.15, -0.1) is 10.2 Å². The van der Waals surface area contributed by atoms with Crippen LogP contribution in [0.5, 0.6) is 11.5 Å². The predicted molar refractivity (Wildman–Crippen MR) is 78.2 cm³/mol. The first-order valence-electron chi connectivity index (χ1n) is 6.74. The van der Waals surface area contributed by atoms with Gasteiger partial charge in [0, 0.05) is 5.75 Å². The molecular formula is C14H17N3O3S. The zero-order valence-corrected chi connectivity index (χ0v) is 12.7. The highest BCUT2D eigenvalue weighted by atomic mass is 32.2. The van der Waals surface area contributed by atoms with Crippen molar-refractivity contribution in [3.05, 3.63) is 29.7 Å². The van der Waals surface area contributed by atoms with E-state index in [2.05, 4.69) is 10.2 Å². The Morgan fingerprint density at radius 3 is 2.86 bits per heavy atom. The molecule has 0 aliphatic carbocycles. The molecule has 0 spiro atoms. The summed E-state index contributed by atoms with van der Waals surface area (Å²) in [5, 5.41) is 8.54. The average molecular weight is 307 g/mol. The summed E-state index contributed by atoms with van der Waals surface area (Å²) < 4.78 is 16.2. The fourth-order valence-corrected chi connectivity index (χ4v) is 2.59. The maximum Gasteiger partial charge on any atom is 0.276 e. The van der Waals surface area contributed by atoms with E-state index in [0.29, 0.717) is 11.1 Å². The van der Waals surface area contributed by atoms with Gasteiger partial charge in [-0.2, -0.15) is 0 Å². The second kappa shape index (κ2) is 5.95. The molecule has 7 heteroatoms. The summed E-state index contributed by atoms with van der Waals surface area (Å²) >= 11 is 1.48. The van der Waals surface area contributed by atoms with E-state index in [0.717, 1.165) is 22.8 Å². The normalized spacial score (nSPS) is 14.7. The zero-order valence-electron chi connectivity index (χ0n) is 11.9. The van der Waals surface area contributed by atoms with Gasteiger partial charge < -0.3 is 19.6 Å². The number of rotatable bonds is 5. The van der Waals surface area contributed by atoms with Crippen LogP contribution in [-0.2, 0) is 5.75 Å². The molecule has 1 aliphatic rings. The Hall–Kier alpha value is -1.73. The number of nitrogens with zero attached hydrogens (tertiary/aromatic N) is 2. The maximum absolute atomic E-state index is 5.98. The first-order valence-corrected chi connectivity index (χ1v) is 7.72. The van der Waals surface area contributed by atoms with Crippen molar-refractivity contribution < 1.29 is 13.9 Å². The van der Waals surface area contributed by atoms with Crippen molar-refractivity contribution in [2.45, 2.75) is 30.9 Å². The molecule has 0 radical (unpaired) electrons. The molecule has 0 amide bonds. The average Bonchev–Trinajstić information content (AvgIpc) is 3.12. The fraction of sp³-hybridized carbons (Fsp3) is 0.429. The molecule has 2 heterocycles. The number of hydrogen-bond donors (Lipinski definition) is 1. The van der Waals surface area contributed by atoms with Crippen LogP contribution in [0.2, 0.25) is 0 Å². The zero-order chi connectivity index (χ0) is 14.8. The Morgan fingerprint density at radius 2 is 2.05 bits per heavy atom. The number of aromatic nitrogens is 2. The van der Waals surface area contributed by atoms with Crippen molar-refractivity contribution in [2.24, 2.45) is 11.7 Å². The second-order valence-corrected chi connectivity index (χ2v) is 6.08. The summed E-state index contributed by atoms with van der Waals surface area (Å²) in [4.78, 5) is 0. The molecule has 2 aromatic rings. The van der Waals surface area contributed by atoms with Gasteiger partial charge in [0.1, 0.15) is 0 Å². The van der Waals surface area contributed by atoms with E-state index < -0.39 is 0 Å². The third-order valence-corrected chi connectivity index (χ3v) is 4.11. The van der Waals surface area contributed by atoms with Gasteiger partial charge in [0.2, 0.25) is 12.7 Å². The largest absolute Gasteiger partial charge is 0.454 e. The first kappa shape index (κ1) is 14.2. The molecule has 0 saturated carbocycles. The van der Waals surface area contributed by atoms with Gasteiger partial charge in [0.15, 0.2) is 11.5 Å². The molecule has 0 saturated heterocycles. The van der Waals surface area contributed by atoms with Crippen LogP contribution in [-0.4, -0.2) is 17.0 Å². The van der Waals surface area contributed by atoms with E-state index in [1.165, 1.54) is 11.8 Å². The molecule has 1 aromatic carbocycles. The number of benzene rings is 1. The highest BCUT2D eigenvalue weighted by Crippen LogP contribution is 2.34. The van der Waals surface area contributed by atoms with Crippen LogP contribution in [0.15, 0.2) is 27.8 Å². The lowest BCUT2D eigenvalue weighted by Crippen LogP contribution is -2.16. The number of nitrogens with two attached hydrogens (primary N) is 1. The molecule has 0 fully saturated rings. The van der Waals surface area contributed by atoms with E-state index in [4.69, 9.17) is 19.6 Å². The van der Waals surface area contributed by atoms with Gasteiger partial charge in [0.05, 0.1) is 6.04 Å². The van der Waals surface area contributed by atoms with E-state index >= 15 is 0 Å². The quantitative estimate of drug-likeness (QED) is 0.850. The molecule has 3 rings (SSSR count). The highest BCUT2D eigenvalue weighted by molar-refractivity contribution is 7.98. The van der Waals surface area contributed by atoms with Crippen LogP contribution in [0.4, 0.5) is 0 Å². The monoisotopic (exact) mass is 307 g/mol. The van der Waals surface area contributed by atoms with Gasteiger partial charge in [-0.1, -0.05) is 31.7 Å². The van der Waals surface area contributed by atoms with E-state index in [1.54, 1.807) is 0 Å². The van der Waals surface area contributed by atoms with Crippen molar-refractivity contribution in [1.29, 1.82) is 0 Å². The summed E-state index contributed by atoms with van der Waals surface area (Å²) in [5.41, 5.74) is 7.09. The molecule has 0 unspecified atom stereocenters. The Kier molecular flexibility index (Phi) is 4.03. The smallest absolute Gasteiger partial charge is 0.276 e. The summed E-state index contributed by atoms with van der Waals surface area (Å²) in [7, 11) is 0. The minimum Gasteiger partial charge on any atom is -0.454 e. The third kappa shape index (κ3) is 3.14. The van der Waals surface area contributed by atoms with Crippen molar-refractivity contribution >= 4 is 11.8 Å². The summed E-state index contributed by atoms with van der Waals surface area (Å²) in [6.07, 6.45) is 0. The van der Waals surface area contributed by atoms with Crippen LogP contribution in [0, 0.1) is 5.92 Å². The molecule has 21 heavy (non-hydrogen) atoms. The van der Waals surface area contributed by atoms with Crippen LogP contribution >= 0.6 is 11.8 Å². The molecule has 1 aliphatic heterocycles. The maximum atomic E-state index is 5.98. The Bertz CT molecular complexity index is 630. The predicted octanol–water partition coefficient (Wildman–Crippen LogP) is 2.75. The standard InChI is InChI=1S/C14H17N3O3S/c1-8(2)12(15)13-16-17-14(20-13)21-6-9-3-4-10-11(5-9)19-7-18-10/h3-5,8,12H,6-7,15H2,1-2H3/t12-/m0/s1. The van der Waals surface area contributed by atoms with Gasteiger partial charge in [-0.25, -0.2) is 0 Å². The molecule has 112 valence electrons. The van der Waals surface area contributed by atoms with Gasteiger partial charge >= 0.3 is 0 Å². The number of fused-ring (bicyclic) bond motifs is 1. The van der Waals surface area contributed by atoms with Crippen LogP contribution < -0.4 is 15.2 Å². The minimum absolute atomic E-state index is 0.225. The SMILES string of the molecule is CC(C)[C@H](N)c1nnc(SCc2ccc3c(c2)OCO3)o1. The van der Waals surface area contributed by atoms with Crippen molar-refractivity contribution in [1.82, 2.24) is 10.2 Å². The Balaban J connectivity index is 1.63.